The predicted octanol–water partition coefficient (Wildman–Crippen LogP) is 3.51. The molecule has 0 radical (unpaired) electrons. The van der Waals surface area contributed by atoms with Crippen LogP contribution in [-0.2, 0) is 15.5 Å². The van der Waals surface area contributed by atoms with Gasteiger partial charge in [-0.25, -0.2) is 9.78 Å². The van der Waals surface area contributed by atoms with Crippen molar-refractivity contribution < 1.29 is 9.53 Å². The first kappa shape index (κ1) is 13.6. The highest BCUT2D eigenvalue weighted by molar-refractivity contribution is 9.08. The lowest BCUT2D eigenvalue weighted by molar-refractivity contribution is 0.0531. The summed E-state index contributed by atoms with van der Waals surface area (Å²) < 4.78 is 5.01. The quantitative estimate of drug-likeness (QED) is 0.633. The minimum absolute atomic E-state index is 0.0354. The van der Waals surface area contributed by atoms with Crippen molar-refractivity contribution in [3.05, 3.63) is 15.6 Å². The zero-order valence-corrected chi connectivity index (χ0v) is 12.4. The van der Waals surface area contributed by atoms with Crippen molar-refractivity contribution in [3.8, 4) is 0 Å². The van der Waals surface area contributed by atoms with E-state index in [0.717, 1.165) is 10.7 Å². The fraction of sp³-hybridized carbons (Fsp3) is 0.636. The molecule has 1 aromatic heterocycles. The third-order valence-corrected chi connectivity index (χ3v) is 3.96. The van der Waals surface area contributed by atoms with Gasteiger partial charge in [-0.2, -0.15) is 0 Å². The van der Waals surface area contributed by atoms with E-state index in [9.17, 15) is 4.79 Å². The van der Waals surface area contributed by atoms with Crippen LogP contribution in [-0.4, -0.2) is 17.6 Å². The second-order valence-corrected chi connectivity index (χ2v) is 5.96. The first-order chi connectivity index (χ1) is 7.40. The number of hydrogen-bond acceptors (Lipinski definition) is 4. The zero-order chi connectivity index (χ0) is 12.3. The maximum absolute atomic E-state index is 11.7. The van der Waals surface area contributed by atoms with Crippen LogP contribution in [0, 0.1) is 0 Å². The highest BCUT2D eigenvalue weighted by Crippen LogP contribution is 2.30. The van der Waals surface area contributed by atoms with Crippen LogP contribution in [0.25, 0.3) is 0 Å². The molecule has 0 saturated heterocycles. The minimum atomic E-state index is -0.273. The van der Waals surface area contributed by atoms with Gasteiger partial charge in [0.2, 0.25) is 0 Å². The number of thiazole rings is 1. The topological polar surface area (TPSA) is 39.2 Å². The van der Waals surface area contributed by atoms with E-state index < -0.39 is 0 Å². The summed E-state index contributed by atoms with van der Waals surface area (Å²) in [5, 5.41) is 1.54. The SMILES string of the molecule is CCOC(=O)c1sc(C(C)(C)C)nc1CBr. The summed E-state index contributed by atoms with van der Waals surface area (Å²) in [5.74, 6) is -0.273. The third-order valence-electron chi connectivity index (χ3n) is 1.93. The molecule has 1 aromatic rings. The van der Waals surface area contributed by atoms with Gasteiger partial charge in [0.15, 0.2) is 0 Å². The number of rotatable bonds is 3. The van der Waals surface area contributed by atoms with Crippen molar-refractivity contribution in [2.24, 2.45) is 0 Å². The number of nitrogens with zero attached hydrogens (tertiary/aromatic N) is 1. The van der Waals surface area contributed by atoms with Gasteiger partial charge >= 0.3 is 5.97 Å². The zero-order valence-electron chi connectivity index (χ0n) is 9.96. The smallest absolute Gasteiger partial charge is 0.350 e. The van der Waals surface area contributed by atoms with Gasteiger partial charge in [0.25, 0.3) is 0 Å². The Labute approximate surface area is 108 Å². The van der Waals surface area contributed by atoms with Crippen LogP contribution in [0.1, 0.15) is 48.1 Å². The average Bonchev–Trinajstić information content (AvgIpc) is 2.61. The molecular weight excluding hydrogens is 290 g/mol. The molecule has 16 heavy (non-hydrogen) atoms. The Morgan fingerprint density at radius 2 is 2.12 bits per heavy atom. The van der Waals surface area contributed by atoms with Crippen LogP contribution in [0.15, 0.2) is 0 Å². The molecule has 0 aliphatic heterocycles. The molecule has 0 amide bonds. The summed E-state index contributed by atoms with van der Waals surface area (Å²) in [6.07, 6.45) is 0. The van der Waals surface area contributed by atoms with Crippen molar-refractivity contribution in [2.75, 3.05) is 6.61 Å². The van der Waals surface area contributed by atoms with E-state index in [1.54, 1.807) is 6.92 Å². The van der Waals surface area contributed by atoms with Gasteiger partial charge in [0.05, 0.1) is 17.3 Å². The molecular formula is C11H16BrNO2S. The van der Waals surface area contributed by atoms with Crippen LogP contribution in [0.3, 0.4) is 0 Å². The molecule has 0 bridgehead atoms. The van der Waals surface area contributed by atoms with Crippen molar-refractivity contribution in [2.45, 2.75) is 38.4 Å². The number of alkyl halides is 1. The van der Waals surface area contributed by atoms with E-state index in [-0.39, 0.29) is 11.4 Å². The second kappa shape index (κ2) is 5.27. The summed E-state index contributed by atoms with van der Waals surface area (Å²) in [7, 11) is 0. The molecule has 0 N–H and O–H groups in total. The van der Waals surface area contributed by atoms with Gasteiger partial charge in [-0.3, -0.25) is 0 Å². The molecule has 0 unspecified atom stereocenters. The molecule has 90 valence electrons. The van der Waals surface area contributed by atoms with E-state index >= 15 is 0 Å². The Bertz CT molecular complexity index is 382. The molecule has 0 aliphatic carbocycles. The Hall–Kier alpha value is -0.420. The minimum Gasteiger partial charge on any atom is -0.462 e. The predicted molar refractivity (Wildman–Crippen MR) is 69.4 cm³/mol. The Morgan fingerprint density at radius 1 is 1.50 bits per heavy atom. The van der Waals surface area contributed by atoms with Crippen LogP contribution in [0.2, 0.25) is 0 Å². The molecule has 0 aromatic carbocycles. The highest BCUT2D eigenvalue weighted by Gasteiger charge is 2.24. The third kappa shape index (κ3) is 3.04. The standard InChI is InChI=1S/C11H16BrNO2S/c1-5-15-9(14)8-7(6-12)13-10(16-8)11(2,3)4/h5-6H2,1-4H3. The van der Waals surface area contributed by atoms with Gasteiger partial charge in [-0.1, -0.05) is 36.7 Å². The van der Waals surface area contributed by atoms with Crippen LogP contribution >= 0.6 is 27.3 Å². The fourth-order valence-corrected chi connectivity index (χ4v) is 2.74. The summed E-state index contributed by atoms with van der Waals surface area (Å²) >= 11 is 4.77. The molecule has 0 fully saturated rings. The van der Waals surface area contributed by atoms with Gasteiger partial charge in [-0.15, -0.1) is 11.3 Å². The average molecular weight is 306 g/mol. The fourth-order valence-electron chi connectivity index (χ4n) is 1.12. The lowest BCUT2D eigenvalue weighted by Crippen LogP contribution is -2.10. The Morgan fingerprint density at radius 3 is 2.56 bits per heavy atom. The Balaban J connectivity index is 3.09. The first-order valence-corrected chi connectivity index (χ1v) is 7.07. The number of esters is 1. The first-order valence-electron chi connectivity index (χ1n) is 5.13. The molecule has 0 saturated carbocycles. The lowest BCUT2D eigenvalue weighted by atomic mass is 9.98. The summed E-state index contributed by atoms with van der Waals surface area (Å²) in [6.45, 7) is 8.44. The summed E-state index contributed by atoms with van der Waals surface area (Å²) in [5.41, 5.74) is 0.736. The van der Waals surface area contributed by atoms with Crippen LogP contribution in [0.5, 0.6) is 0 Å². The second-order valence-electron chi connectivity index (χ2n) is 4.40. The molecule has 0 aliphatic rings. The maximum atomic E-state index is 11.7. The van der Waals surface area contributed by atoms with E-state index in [2.05, 4.69) is 41.7 Å². The summed E-state index contributed by atoms with van der Waals surface area (Å²) in [6, 6.07) is 0. The van der Waals surface area contributed by atoms with E-state index in [4.69, 9.17) is 4.74 Å². The molecule has 0 spiro atoms. The van der Waals surface area contributed by atoms with Crippen molar-refractivity contribution in [1.29, 1.82) is 0 Å². The van der Waals surface area contributed by atoms with Gasteiger partial charge in [0.1, 0.15) is 4.88 Å². The van der Waals surface area contributed by atoms with E-state index in [0.29, 0.717) is 16.8 Å². The molecule has 0 atom stereocenters. The normalized spacial score (nSPS) is 11.6. The van der Waals surface area contributed by atoms with Crippen molar-refractivity contribution in [3.63, 3.8) is 0 Å². The highest BCUT2D eigenvalue weighted by atomic mass is 79.9. The van der Waals surface area contributed by atoms with Crippen LogP contribution < -0.4 is 0 Å². The molecule has 3 nitrogen and oxygen atoms in total. The monoisotopic (exact) mass is 305 g/mol. The lowest BCUT2D eigenvalue weighted by Gasteiger charge is -2.13. The number of carbonyl (C=O) groups is 1. The van der Waals surface area contributed by atoms with Crippen molar-refractivity contribution >= 4 is 33.2 Å². The van der Waals surface area contributed by atoms with Gasteiger partial charge in [-0.05, 0) is 6.92 Å². The number of halogens is 1. The largest absolute Gasteiger partial charge is 0.462 e. The van der Waals surface area contributed by atoms with Crippen molar-refractivity contribution in [1.82, 2.24) is 4.98 Å². The van der Waals surface area contributed by atoms with E-state index in [1.165, 1.54) is 11.3 Å². The van der Waals surface area contributed by atoms with Gasteiger partial charge in [0, 0.05) is 10.7 Å². The van der Waals surface area contributed by atoms with E-state index in [1.807, 2.05) is 0 Å². The number of ether oxygens (including phenoxy) is 1. The summed E-state index contributed by atoms with van der Waals surface area (Å²) in [4.78, 5) is 16.8. The number of carbonyl (C=O) groups excluding carboxylic acids is 1. The number of hydrogen-bond donors (Lipinski definition) is 0. The molecule has 1 rings (SSSR count). The molecule has 5 heteroatoms. The maximum Gasteiger partial charge on any atom is 0.350 e. The number of aromatic nitrogens is 1. The van der Waals surface area contributed by atoms with Gasteiger partial charge < -0.3 is 4.74 Å². The Kier molecular flexibility index (Phi) is 4.50. The van der Waals surface area contributed by atoms with Crippen LogP contribution in [0.4, 0.5) is 0 Å². The molecule has 1 heterocycles.